The maximum absolute atomic E-state index is 16.2. The number of anilines is 6. The normalized spacial score (nSPS) is 12.6. The van der Waals surface area contributed by atoms with Gasteiger partial charge in [-0.3, -0.25) is 9.80 Å². The lowest BCUT2D eigenvalue weighted by Gasteiger charge is -2.31. The van der Waals surface area contributed by atoms with Gasteiger partial charge in [0.15, 0.2) is 93.1 Å². The van der Waals surface area contributed by atoms with Crippen LogP contribution in [0.15, 0.2) is 72.8 Å². The Morgan fingerprint density at radius 1 is 0.231 bits per heavy atom. The van der Waals surface area contributed by atoms with Crippen molar-refractivity contribution in [1.82, 2.24) is 0 Å². The number of hydrogen-bond donors (Lipinski definition) is 0. The minimum Gasteiger partial charge on any atom is -0.300 e. The molecule has 0 aliphatic carbocycles. The van der Waals surface area contributed by atoms with Gasteiger partial charge in [-0.15, -0.1) is 0 Å². The van der Waals surface area contributed by atoms with Gasteiger partial charge in [0.05, 0.1) is 5.69 Å². The Kier molecular flexibility index (Phi) is 13.6. The smallest absolute Gasteiger partial charge is 0.300 e. The van der Waals surface area contributed by atoms with E-state index in [4.69, 9.17) is 0 Å². The van der Waals surface area contributed by atoms with E-state index in [1.54, 1.807) is 0 Å². The number of fused-ring (bicyclic) bond motifs is 2. The zero-order valence-corrected chi connectivity index (χ0v) is 36.4. The number of nitrogens with zero attached hydrogens (tertiary/aromatic N) is 2. The highest BCUT2D eigenvalue weighted by molar-refractivity contribution is 6.22. The molecule has 0 bridgehead atoms. The van der Waals surface area contributed by atoms with Crippen molar-refractivity contribution in [2.45, 2.75) is 24.7 Å². The van der Waals surface area contributed by atoms with Crippen LogP contribution in [-0.2, 0) is 24.7 Å². The molecule has 0 spiro atoms. The minimum atomic E-state index is -6.35. The van der Waals surface area contributed by atoms with Gasteiger partial charge < -0.3 is 0 Å². The average Bonchev–Trinajstić information content (AvgIpc) is 3.36. The van der Waals surface area contributed by atoms with Crippen LogP contribution < -0.4 is 9.80 Å². The van der Waals surface area contributed by atoms with E-state index in [0.717, 1.165) is 36.4 Å². The fourth-order valence-corrected chi connectivity index (χ4v) is 8.40. The summed E-state index contributed by atoms with van der Waals surface area (Å²) in [7, 11) is 0. The van der Waals surface area contributed by atoms with Crippen LogP contribution in [0, 0.1) is 93.1 Å². The number of halogens is 28. The second-order valence-electron chi connectivity index (χ2n) is 15.9. The van der Waals surface area contributed by atoms with Crippen molar-refractivity contribution >= 4 is 55.7 Å². The van der Waals surface area contributed by atoms with E-state index in [-0.39, 0.29) is 12.1 Å². The fourth-order valence-electron chi connectivity index (χ4n) is 8.40. The maximum atomic E-state index is 16.2. The molecule has 0 amide bonds. The fraction of sp³-hybridized carbons (Fsp3) is 0.0833. The lowest BCUT2D eigenvalue weighted by atomic mass is 9.89. The minimum absolute atomic E-state index is 0.259. The molecular weight excluding hydrogens is 1140 g/mol. The van der Waals surface area contributed by atoms with Gasteiger partial charge in [-0.2, -0.15) is 52.7 Å². The first-order valence-corrected chi connectivity index (χ1v) is 20.4. The van der Waals surface area contributed by atoms with Gasteiger partial charge in [0, 0.05) is 16.5 Å². The van der Waals surface area contributed by atoms with E-state index < -0.39 is 217 Å². The molecule has 30 heteroatoms. The molecule has 0 saturated carbocycles. The second kappa shape index (κ2) is 18.8. The molecule has 0 saturated heterocycles. The lowest BCUT2D eigenvalue weighted by Crippen LogP contribution is -2.25. The van der Waals surface area contributed by atoms with E-state index in [1.807, 2.05) is 0 Å². The van der Waals surface area contributed by atoms with Crippen LogP contribution in [0.25, 0.3) is 32.7 Å². The van der Waals surface area contributed by atoms with Crippen molar-refractivity contribution in [3.63, 3.8) is 0 Å². The van der Waals surface area contributed by atoms with Crippen LogP contribution in [0.4, 0.5) is 157 Å². The molecule has 0 aromatic heterocycles. The molecule has 0 N–H and O–H groups in total. The number of benzene rings is 8. The summed E-state index contributed by atoms with van der Waals surface area (Å²) in [5, 5.41) is -3.07. The Balaban J connectivity index is 1.48. The van der Waals surface area contributed by atoms with E-state index in [9.17, 15) is 52.7 Å². The number of rotatable bonds is 7. The molecule has 0 aliphatic heterocycles. The summed E-state index contributed by atoms with van der Waals surface area (Å²) in [4.78, 5) is -1.84. The van der Waals surface area contributed by atoms with E-state index in [2.05, 4.69) is 0 Å². The summed E-state index contributed by atoms with van der Waals surface area (Å²) in [6, 6.07) is 8.42. The standard InChI is InChI=1S/C48H12F28N2/c49-24-20(45(65,66)67)25(50)33(58)41(32(24)57)77(42-34(59)26(51)21(46(68,69)70)27(52)35(42)60)14-11-9-13(10-12-14)19-15-5-1-3-7-17(15)40(18-8-4-2-6-16(18)19)78(43-36(61)28(53)22(47(71,72)73)29(54)37(43)62)44-38(63)30(55)23(48(74,75)76)31(56)39(44)64/h1-12H. The van der Waals surface area contributed by atoms with Crippen LogP contribution in [0.1, 0.15) is 22.3 Å². The van der Waals surface area contributed by atoms with Gasteiger partial charge in [-0.1, -0.05) is 60.7 Å². The summed E-state index contributed by atoms with van der Waals surface area (Å²) in [5.74, 6) is -53.5. The van der Waals surface area contributed by atoms with Gasteiger partial charge in [0.1, 0.15) is 45.0 Å². The Bertz CT molecular complexity index is 3480. The van der Waals surface area contributed by atoms with Crippen molar-refractivity contribution in [3.05, 3.63) is 188 Å². The topological polar surface area (TPSA) is 6.48 Å². The van der Waals surface area contributed by atoms with Gasteiger partial charge in [-0.05, 0) is 34.0 Å². The summed E-state index contributed by atoms with van der Waals surface area (Å²) >= 11 is 0. The third-order valence-corrected chi connectivity index (χ3v) is 11.5. The summed E-state index contributed by atoms with van der Waals surface area (Å²) < 4.78 is 414. The molecule has 2 nitrogen and oxygen atoms in total. The summed E-state index contributed by atoms with van der Waals surface area (Å²) in [5.41, 5.74) is -28.4. The highest BCUT2D eigenvalue weighted by Crippen LogP contribution is 2.55. The molecule has 0 atom stereocenters. The first-order chi connectivity index (χ1) is 36.0. The Hall–Kier alpha value is -8.08. The molecule has 0 heterocycles. The molecule has 0 aliphatic rings. The van der Waals surface area contributed by atoms with Crippen LogP contribution in [-0.4, -0.2) is 0 Å². The molecule has 8 aromatic rings. The third kappa shape index (κ3) is 8.61. The van der Waals surface area contributed by atoms with Crippen molar-refractivity contribution in [2.24, 2.45) is 0 Å². The Labute approximate surface area is 412 Å². The first kappa shape index (κ1) is 56.1. The molecule has 8 rings (SSSR count). The largest absolute Gasteiger partial charge is 0.422 e. The summed E-state index contributed by atoms with van der Waals surface area (Å²) in [6.07, 6.45) is -25.4. The van der Waals surface area contributed by atoms with Crippen molar-refractivity contribution in [1.29, 1.82) is 0 Å². The molecule has 410 valence electrons. The maximum Gasteiger partial charge on any atom is 0.422 e. The van der Waals surface area contributed by atoms with Gasteiger partial charge in [0.2, 0.25) is 0 Å². The highest BCUT2D eigenvalue weighted by Gasteiger charge is 2.49. The van der Waals surface area contributed by atoms with E-state index in [1.165, 1.54) is 0 Å². The molecule has 78 heavy (non-hydrogen) atoms. The lowest BCUT2D eigenvalue weighted by molar-refractivity contribution is -0.144. The first-order valence-electron chi connectivity index (χ1n) is 20.4. The molecule has 0 fully saturated rings. The molecule has 0 radical (unpaired) electrons. The van der Waals surface area contributed by atoms with Crippen LogP contribution in [0.2, 0.25) is 0 Å². The zero-order valence-electron chi connectivity index (χ0n) is 36.4. The van der Waals surface area contributed by atoms with Crippen LogP contribution >= 0.6 is 0 Å². The molecule has 8 aromatic carbocycles. The third-order valence-electron chi connectivity index (χ3n) is 11.5. The van der Waals surface area contributed by atoms with Crippen molar-refractivity contribution in [3.8, 4) is 11.1 Å². The van der Waals surface area contributed by atoms with E-state index in [0.29, 0.717) is 24.3 Å². The predicted molar refractivity (Wildman–Crippen MR) is 216 cm³/mol. The highest BCUT2D eigenvalue weighted by atomic mass is 19.4. The Morgan fingerprint density at radius 2 is 0.449 bits per heavy atom. The average molecular weight is 1150 g/mol. The quantitative estimate of drug-likeness (QED) is 0.0891. The van der Waals surface area contributed by atoms with Gasteiger partial charge in [-0.25, -0.2) is 70.2 Å². The SMILES string of the molecule is Fc1c(F)c(C(F)(F)F)c(F)c(F)c1N(c1ccc(-c2c3ccccc3c(N(c3c(F)c(F)c(C(F)(F)F)c(F)c3F)c3c(F)c(F)c(C(F)(F)F)c(F)c3F)c3ccccc23)cc1)c1c(F)c(F)c(C(F)(F)F)c(F)c1F. The second-order valence-corrected chi connectivity index (χ2v) is 15.9. The monoisotopic (exact) mass is 1150 g/mol. The van der Waals surface area contributed by atoms with Crippen LogP contribution in [0.3, 0.4) is 0 Å². The number of hydrogen-bond acceptors (Lipinski definition) is 2. The van der Waals surface area contributed by atoms with Crippen molar-refractivity contribution < 1.29 is 123 Å². The summed E-state index contributed by atoms with van der Waals surface area (Å²) in [6.45, 7) is 0. The Morgan fingerprint density at radius 3 is 0.679 bits per heavy atom. The molecular formula is C48H12F28N2. The van der Waals surface area contributed by atoms with Gasteiger partial charge >= 0.3 is 24.7 Å². The van der Waals surface area contributed by atoms with E-state index >= 15 is 70.2 Å². The van der Waals surface area contributed by atoms with Crippen molar-refractivity contribution in [2.75, 3.05) is 9.80 Å². The van der Waals surface area contributed by atoms with Gasteiger partial charge in [0.25, 0.3) is 0 Å². The predicted octanol–water partition coefficient (Wildman–Crippen LogP) is 18.9. The van der Waals surface area contributed by atoms with Crippen LogP contribution in [0.5, 0.6) is 0 Å². The molecule has 0 unspecified atom stereocenters. The number of alkyl halides is 12. The zero-order chi connectivity index (χ0) is 58.1.